The van der Waals surface area contributed by atoms with Crippen molar-refractivity contribution in [3.05, 3.63) is 23.3 Å². The molecule has 1 aliphatic heterocycles. The fourth-order valence-corrected chi connectivity index (χ4v) is 6.01. The van der Waals surface area contributed by atoms with Crippen LogP contribution in [0.4, 0.5) is 0 Å². The van der Waals surface area contributed by atoms with Gasteiger partial charge >= 0.3 is 0 Å². The van der Waals surface area contributed by atoms with Crippen LogP contribution in [0.5, 0.6) is 11.5 Å². The molecule has 3 unspecified atom stereocenters. The summed E-state index contributed by atoms with van der Waals surface area (Å²) in [7, 11) is 8.44. The van der Waals surface area contributed by atoms with Crippen LogP contribution in [-0.4, -0.2) is 45.4 Å². The van der Waals surface area contributed by atoms with Gasteiger partial charge in [0, 0.05) is 29.7 Å². The van der Waals surface area contributed by atoms with E-state index in [0.29, 0.717) is 5.41 Å². The van der Waals surface area contributed by atoms with E-state index in [-0.39, 0.29) is 0 Å². The van der Waals surface area contributed by atoms with Crippen molar-refractivity contribution in [3.63, 3.8) is 0 Å². The molecule has 1 saturated carbocycles. The second-order valence-corrected chi connectivity index (χ2v) is 8.37. The highest BCUT2D eigenvalue weighted by atomic mass is 16.5. The molecule has 1 aromatic carbocycles. The summed E-state index contributed by atoms with van der Waals surface area (Å²) in [5.41, 5.74) is 3.33. The first-order valence-corrected chi connectivity index (χ1v) is 9.10. The molecule has 126 valence electrons. The number of likely N-dealkylation sites (tertiary alicyclic amines) is 1. The smallest absolute Gasteiger partial charge is 0.164 e. The topological polar surface area (TPSA) is 18.5 Å². The Morgan fingerprint density at radius 3 is 2.65 bits per heavy atom. The van der Waals surface area contributed by atoms with E-state index >= 15 is 0 Å². The minimum absolute atomic E-state index is 0.324. The van der Waals surface area contributed by atoms with Crippen LogP contribution < -0.4 is 9.47 Å². The molecule has 2 bridgehead atoms. The van der Waals surface area contributed by atoms with E-state index in [1.54, 1.807) is 7.11 Å². The lowest BCUT2D eigenvalue weighted by atomic mass is 9.51. The fraction of sp³-hybridized carbons (Fsp3) is 0.700. The van der Waals surface area contributed by atoms with Crippen LogP contribution in [0.2, 0.25) is 0 Å². The second kappa shape index (κ2) is 5.14. The minimum atomic E-state index is 0.324. The maximum Gasteiger partial charge on any atom is 0.164 e. The molecule has 1 saturated heterocycles. The molecule has 0 aromatic heterocycles. The van der Waals surface area contributed by atoms with Crippen molar-refractivity contribution < 1.29 is 14.0 Å². The average Bonchev–Trinajstić information content (AvgIpc) is 2.57. The number of piperidine rings is 1. The van der Waals surface area contributed by atoms with Gasteiger partial charge in [0.25, 0.3) is 0 Å². The van der Waals surface area contributed by atoms with Crippen LogP contribution in [0.3, 0.4) is 0 Å². The lowest BCUT2D eigenvalue weighted by molar-refractivity contribution is -0.927. The van der Waals surface area contributed by atoms with Crippen LogP contribution in [0.15, 0.2) is 12.1 Å². The van der Waals surface area contributed by atoms with E-state index < -0.39 is 0 Å². The molecular formula is C20H30NO2+. The van der Waals surface area contributed by atoms with Gasteiger partial charge in [-0.25, -0.2) is 0 Å². The molecule has 3 nitrogen and oxygen atoms in total. The largest absolute Gasteiger partial charge is 0.493 e. The molecule has 23 heavy (non-hydrogen) atoms. The van der Waals surface area contributed by atoms with Crippen molar-refractivity contribution in [2.24, 2.45) is 5.92 Å². The van der Waals surface area contributed by atoms with Crippen molar-refractivity contribution in [3.8, 4) is 11.5 Å². The number of fused-ring (bicyclic) bond motifs is 1. The molecule has 0 amide bonds. The molecule has 3 heteroatoms. The normalized spacial score (nSPS) is 34.3. The van der Waals surface area contributed by atoms with Gasteiger partial charge in [-0.2, -0.15) is 0 Å². The Morgan fingerprint density at radius 2 is 1.91 bits per heavy atom. The lowest BCUT2D eigenvalue weighted by Gasteiger charge is -2.60. The standard InChI is InChI=1S/C20H30NO2/c1-21(2)12-11-20-10-6-5-7-15(20)16(21)13-14-8-9-17(22-3)19(23-4)18(14)20/h8-9,15-16H,5-7,10-13H2,1-4H3/q+1. The Bertz CT molecular complexity index is 624. The number of hydrogen-bond acceptors (Lipinski definition) is 2. The number of benzene rings is 1. The highest BCUT2D eigenvalue weighted by Gasteiger charge is 2.59. The summed E-state index contributed by atoms with van der Waals surface area (Å²) in [6, 6.07) is 5.17. The molecular weight excluding hydrogens is 286 g/mol. The lowest BCUT2D eigenvalue weighted by Crippen LogP contribution is -2.66. The van der Waals surface area contributed by atoms with Gasteiger partial charge in [0.05, 0.1) is 40.9 Å². The Balaban J connectivity index is 1.95. The van der Waals surface area contributed by atoms with E-state index in [2.05, 4.69) is 26.2 Å². The number of likely N-dealkylation sites (N-methyl/N-ethyl adjacent to an activating group) is 1. The van der Waals surface area contributed by atoms with E-state index in [9.17, 15) is 0 Å². The number of ether oxygens (including phenoxy) is 2. The molecule has 1 heterocycles. The minimum Gasteiger partial charge on any atom is -0.493 e. The fourth-order valence-electron chi connectivity index (χ4n) is 6.01. The Morgan fingerprint density at radius 1 is 1.09 bits per heavy atom. The number of rotatable bonds is 2. The number of hydrogen-bond donors (Lipinski definition) is 0. The summed E-state index contributed by atoms with van der Waals surface area (Å²) in [5, 5.41) is 0. The Hall–Kier alpha value is -1.22. The third kappa shape index (κ3) is 1.98. The van der Waals surface area contributed by atoms with Gasteiger partial charge in [-0.05, 0) is 24.5 Å². The predicted molar refractivity (Wildman–Crippen MR) is 92.3 cm³/mol. The Labute approximate surface area is 140 Å². The third-order valence-electron chi connectivity index (χ3n) is 7.15. The van der Waals surface area contributed by atoms with E-state index in [0.717, 1.165) is 23.5 Å². The van der Waals surface area contributed by atoms with Crippen LogP contribution >= 0.6 is 0 Å². The van der Waals surface area contributed by atoms with Gasteiger partial charge in [0.1, 0.15) is 0 Å². The van der Waals surface area contributed by atoms with Crippen molar-refractivity contribution in [2.45, 2.75) is 50.0 Å². The second-order valence-electron chi connectivity index (χ2n) is 8.37. The van der Waals surface area contributed by atoms with Crippen LogP contribution in [-0.2, 0) is 11.8 Å². The van der Waals surface area contributed by atoms with Crippen LogP contribution in [0, 0.1) is 5.92 Å². The van der Waals surface area contributed by atoms with E-state index in [1.165, 1.54) is 60.7 Å². The monoisotopic (exact) mass is 316 g/mol. The molecule has 0 radical (unpaired) electrons. The van der Waals surface area contributed by atoms with Crippen molar-refractivity contribution in [1.29, 1.82) is 0 Å². The molecule has 2 aliphatic carbocycles. The molecule has 3 atom stereocenters. The highest BCUT2D eigenvalue weighted by molar-refractivity contribution is 5.57. The summed E-state index contributed by atoms with van der Waals surface area (Å²) >= 11 is 0. The van der Waals surface area contributed by atoms with Crippen molar-refractivity contribution in [2.75, 3.05) is 34.9 Å². The van der Waals surface area contributed by atoms with Crippen LogP contribution in [0.1, 0.15) is 43.2 Å². The quantitative estimate of drug-likeness (QED) is 0.777. The molecule has 1 aromatic rings. The first-order valence-electron chi connectivity index (χ1n) is 9.10. The summed E-state index contributed by atoms with van der Waals surface area (Å²) in [6.45, 7) is 1.28. The maximum absolute atomic E-state index is 5.89. The Kier molecular flexibility index (Phi) is 3.42. The van der Waals surface area contributed by atoms with Gasteiger partial charge in [0.15, 0.2) is 11.5 Å². The van der Waals surface area contributed by atoms with Gasteiger partial charge in [-0.1, -0.05) is 18.9 Å². The summed E-state index contributed by atoms with van der Waals surface area (Å²) in [6.07, 6.45) is 7.94. The first-order chi connectivity index (χ1) is 11.0. The first kappa shape index (κ1) is 15.3. The van der Waals surface area contributed by atoms with E-state index in [1.807, 2.05) is 7.11 Å². The molecule has 0 N–H and O–H groups in total. The van der Waals surface area contributed by atoms with Crippen molar-refractivity contribution in [1.82, 2.24) is 0 Å². The van der Waals surface area contributed by atoms with E-state index in [4.69, 9.17) is 9.47 Å². The molecule has 4 rings (SSSR count). The van der Waals surface area contributed by atoms with Crippen molar-refractivity contribution >= 4 is 0 Å². The predicted octanol–water partition coefficient (Wildman–Crippen LogP) is 3.54. The van der Waals surface area contributed by atoms with Crippen LogP contribution in [0.25, 0.3) is 0 Å². The van der Waals surface area contributed by atoms with Gasteiger partial charge < -0.3 is 14.0 Å². The molecule has 2 fully saturated rings. The highest BCUT2D eigenvalue weighted by Crippen LogP contribution is 2.60. The SMILES string of the molecule is COc1ccc2c(c1OC)C13CCCCC1C(C2)[N+](C)(C)CC3. The summed E-state index contributed by atoms with van der Waals surface area (Å²) in [4.78, 5) is 0. The summed E-state index contributed by atoms with van der Waals surface area (Å²) in [5.74, 6) is 2.72. The number of methoxy groups -OCH3 is 2. The zero-order chi connectivity index (χ0) is 16.2. The zero-order valence-corrected chi connectivity index (χ0v) is 15.0. The maximum atomic E-state index is 5.89. The number of quaternary nitrogens is 1. The zero-order valence-electron chi connectivity index (χ0n) is 15.0. The average molecular weight is 316 g/mol. The van der Waals surface area contributed by atoms with Gasteiger partial charge in [0.2, 0.25) is 0 Å². The molecule has 3 aliphatic rings. The summed E-state index contributed by atoms with van der Waals surface area (Å²) < 4.78 is 12.7. The third-order valence-corrected chi connectivity index (χ3v) is 7.15. The molecule has 0 spiro atoms. The number of nitrogens with zero attached hydrogens (tertiary/aromatic N) is 1. The van der Waals surface area contributed by atoms with Gasteiger partial charge in [-0.15, -0.1) is 0 Å². The van der Waals surface area contributed by atoms with Gasteiger partial charge in [-0.3, -0.25) is 0 Å².